The summed E-state index contributed by atoms with van der Waals surface area (Å²) in [4.78, 5) is 25.8. The normalized spacial score (nSPS) is 47.2. The first-order valence-corrected chi connectivity index (χ1v) is 18.1. The summed E-state index contributed by atoms with van der Waals surface area (Å²) >= 11 is 0. The Balaban J connectivity index is 1.02. The summed E-state index contributed by atoms with van der Waals surface area (Å²) in [5, 5.41) is 11.4. The van der Waals surface area contributed by atoms with Crippen molar-refractivity contribution < 1.29 is 28.9 Å². The zero-order chi connectivity index (χ0) is 31.1. The number of amides is 2. The Morgan fingerprint density at radius 3 is 2.55 bits per heavy atom. The van der Waals surface area contributed by atoms with Crippen LogP contribution in [0.2, 0.25) is 0 Å². The fourth-order valence-electron chi connectivity index (χ4n) is 12.9. The van der Waals surface area contributed by atoms with E-state index in [2.05, 4.69) is 27.7 Å². The molecule has 7 aliphatic rings. The minimum Gasteiger partial charge on any atom is -0.450 e. The minimum atomic E-state index is -0.702. The summed E-state index contributed by atoms with van der Waals surface area (Å²) in [7, 11) is 0. The van der Waals surface area contributed by atoms with Gasteiger partial charge in [-0.15, -0.1) is 0 Å². The number of unbranched alkanes of at least 4 members (excludes halogenated alkanes) is 1. The molecule has 0 bridgehead atoms. The molecule has 44 heavy (non-hydrogen) atoms. The molecule has 0 aromatic carbocycles. The number of aliphatic hydroxyl groups excluding tert-OH is 1. The first kappa shape index (κ1) is 31.2. The van der Waals surface area contributed by atoms with Crippen molar-refractivity contribution in [3.05, 3.63) is 0 Å². The highest BCUT2D eigenvalue weighted by Gasteiger charge is 2.84. The number of primary amides is 1. The fourth-order valence-corrected chi connectivity index (χ4v) is 12.9. The molecule has 6 saturated carbocycles. The molecule has 3 N–H and O–H groups in total. The standard InChI is InChI=1S/C36H58N2O6/c1-22-35-15-14-34(4)25(7-5-6-17-43-32(37)41)27(39)20-26(34)24(35)10-11-28-33(2,3)29(12-13-36(22,28)35)44-31-21-38(16-18-42-31)30(40)19-23-8-9-23/h22-29,31,39H,5-21H2,1-4H3,(H2,37,41)/t22-,24-,25-,26?,27+,28?,29-,31?,34+,35-,36?/m0/s1. The third kappa shape index (κ3) is 4.69. The lowest BCUT2D eigenvalue weighted by atomic mass is 9.46. The van der Waals surface area contributed by atoms with Crippen LogP contribution in [0.5, 0.6) is 0 Å². The number of carbonyl (C=O) groups is 2. The highest BCUT2D eigenvalue weighted by atomic mass is 16.7. The van der Waals surface area contributed by atoms with E-state index in [1.807, 2.05) is 4.90 Å². The Bertz CT molecular complexity index is 1130. The van der Waals surface area contributed by atoms with Crippen molar-refractivity contribution in [2.24, 2.45) is 62.9 Å². The molecule has 8 nitrogen and oxygen atoms in total. The smallest absolute Gasteiger partial charge is 0.404 e. The van der Waals surface area contributed by atoms with Gasteiger partial charge in [-0.25, -0.2) is 4.79 Å². The number of hydrogen-bond acceptors (Lipinski definition) is 6. The fraction of sp³-hybridized carbons (Fsp3) is 0.944. The Morgan fingerprint density at radius 1 is 1.00 bits per heavy atom. The second kappa shape index (κ2) is 11.1. The predicted molar refractivity (Wildman–Crippen MR) is 166 cm³/mol. The van der Waals surface area contributed by atoms with Crippen molar-refractivity contribution >= 4 is 12.0 Å². The summed E-state index contributed by atoms with van der Waals surface area (Å²) in [6, 6.07) is 0. The second-order valence-electron chi connectivity index (χ2n) is 17.0. The van der Waals surface area contributed by atoms with Crippen LogP contribution in [-0.4, -0.2) is 66.8 Å². The second-order valence-corrected chi connectivity index (χ2v) is 17.0. The number of aliphatic hydroxyl groups is 1. The van der Waals surface area contributed by atoms with Gasteiger partial charge >= 0.3 is 6.09 Å². The van der Waals surface area contributed by atoms with Crippen molar-refractivity contribution in [2.75, 3.05) is 26.3 Å². The molecule has 0 radical (unpaired) electrons. The van der Waals surface area contributed by atoms with E-state index >= 15 is 0 Å². The van der Waals surface area contributed by atoms with Crippen molar-refractivity contribution in [3.63, 3.8) is 0 Å². The molecular weight excluding hydrogens is 556 g/mol. The molecule has 6 aliphatic carbocycles. The van der Waals surface area contributed by atoms with Crippen LogP contribution in [0.1, 0.15) is 111 Å². The zero-order valence-electron chi connectivity index (χ0n) is 27.7. The minimum absolute atomic E-state index is 0.0517. The first-order chi connectivity index (χ1) is 20.9. The van der Waals surface area contributed by atoms with Crippen LogP contribution in [0.15, 0.2) is 0 Å². The number of carbonyl (C=O) groups excluding carboxylic acids is 2. The topological polar surface area (TPSA) is 111 Å². The van der Waals surface area contributed by atoms with Gasteiger partial charge in [-0.2, -0.15) is 0 Å². The lowest BCUT2D eigenvalue weighted by Crippen LogP contribution is -2.56. The van der Waals surface area contributed by atoms with Crippen LogP contribution in [-0.2, 0) is 19.0 Å². The predicted octanol–water partition coefficient (Wildman–Crippen LogP) is 5.89. The summed E-state index contributed by atoms with van der Waals surface area (Å²) in [6.07, 6.45) is 13.0. The maximum absolute atomic E-state index is 12.8. The van der Waals surface area contributed by atoms with E-state index in [1.165, 1.54) is 44.9 Å². The molecule has 248 valence electrons. The Hall–Kier alpha value is -1.38. The molecule has 7 fully saturated rings. The molecule has 11 atom stereocenters. The van der Waals surface area contributed by atoms with E-state index < -0.39 is 6.09 Å². The molecule has 0 aromatic heterocycles. The maximum Gasteiger partial charge on any atom is 0.404 e. The quantitative estimate of drug-likeness (QED) is 0.314. The third-order valence-corrected chi connectivity index (χ3v) is 15.2. The number of ether oxygens (including phenoxy) is 3. The summed E-state index contributed by atoms with van der Waals surface area (Å²) < 4.78 is 17.9. The average molecular weight is 615 g/mol. The Kier molecular flexibility index (Phi) is 7.89. The van der Waals surface area contributed by atoms with E-state index in [4.69, 9.17) is 19.9 Å². The molecule has 1 aliphatic heterocycles. The third-order valence-electron chi connectivity index (χ3n) is 15.2. The average Bonchev–Trinajstić information content (AvgIpc) is 3.87. The summed E-state index contributed by atoms with van der Waals surface area (Å²) in [5.74, 6) is 3.85. The molecular formula is C36H58N2O6. The van der Waals surface area contributed by atoms with Gasteiger partial charge in [0.1, 0.15) is 0 Å². The van der Waals surface area contributed by atoms with Crippen LogP contribution in [0.4, 0.5) is 4.79 Å². The van der Waals surface area contributed by atoms with Crippen LogP contribution in [0, 0.1) is 57.2 Å². The Morgan fingerprint density at radius 2 is 1.80 bits per heavy atom. The molecule has 2 spiro atoms. The largest absolute Gasteiger partial charge is 0.450 e. The van der Waals surface area contributed by atoms with Crippen LogP contribution < -0.4 is 5.73 Å². The van der Waals surface area contributed by atoms with Crippen molar-refractivity contribution in [2.45, 2.75) is 130 Å². The number of morpholine rings is 1. The molecule has 2 amide bonds. The molecule has 0 aromatic rings. The number of rotatable bonds is 9. The molecule has 4 unspecified atom stereocenters. The van der Waals surface area contributed by atoms with E-state index in [-0.39, 0.29) is 35.2 Å². The van der Waals surface area contributed by atoms with Gasteiger partial charge in [0.25, 0.3) is 0 Å². The number of hydrogen-bond donors (Lipinski definition) is 2. The summed E-state index contributed by atoms with van der Waals surface area (Å²) in [5.41, 5.74) is 6.16. The molecule has 1 saturated heterocycles. The van der Waals surface area contributed by atoms with Gasteiger partial charge in [0.15, 0.2) is 6.29 Å². The van der Waals surface area contributed by atoms with Crippen molar-refractivity contribution in [3.8, 4) is 0 Å². The van der Waals surface area contributed by atoms with E-state index in [1.54, 1.807) is 0 Å². The van der Waals surface area contributed by atoms with Gasteiger partial charge in [0.05, 0.1) is 32.0 Å². The van der Waals surface area contributed by atoms with Crippen molar-refractivity contribution in [1.29, 1.82) is 0 Å². The first-order valence-electron chi connectivity index (χ1n) is 18.1. The highest BCUT2D eigenvalue weighted by Crippen LogP contribution is 2.89. The van der Waals surface area contributed by atoms with Gasteiger partial charge in [-0.05, 0) is 134 Å². The molecule has 8 heteroatoms. The number of nitrogens with two attached hydrogens (primary N) is 1. The zero-order valence-corrected chi connectivity index (χ0v) is 27.7. The number of nitrogens with zero attached hydrogens (tertiary/aromatic N) is 1. The van der Waals surface area contributed by atoms with Crippen LogP contribution in [0.3, 0.4) is 0 Å². The SMILES string of the molecule is C[C@@H]1C23CC[C@H](OC4CN(C(=O)CC5CC5)CCO4)C(C)(C)C2CC[C@H]2C4C[C@@H](O)[C@H](CCCCOC(N)=O)[C@@]4(C)CC[C@]123. The van der Waals surface area contributed by atoms with Gasteiger partial charge in [0, 0.05) is 13.0 Å². The van der Waals surface area contributed by atoms with Gasteiger partial charge in [-0.3, -0.25) is 4.79 Å². The molecule has 7 rings (SSSR count). The van der Waals surface area contributed by atoms with E-state index in [0.29, 0.717) is 73.1 Å². The van der Waals surface area contributed by atoms with E-state index in [0.717, 1.165) is 38.0 Å². The Labute approximate surface area is 264 Å². The van der Waals surface area contributed by atoms with Crippen LogP contribution in [0.25, 0.3) is 0 Å². The monoisotopic (exact) mass is 614 g/mol. The van der Waals surface area contributed by atoms with E-state index in [9.17, 15) is 14.7 Å². The van der Waals surface area contributed by atoms with Crippen LogP contribution >= 0.6 is 0 Å². The lowest BCUT2D eigenvalue weighted by Gasteiger charge is -2.59. The number of fused-ring (bicyclic) bond motifs is 2. The summed E-state index contributed by atoms with van der Waals surface area (Å²) in [6.45, 7) is 12.2. The lowest BCUT2D eigenvalue weighted by molar-refractivity contribution is -0.244. The van der Waals surface area contributed by atoms with Gasteiger partial charge in [-0.1, -0.05) is 27.7 Å². The van der Waals surface area contributed by atoms with Crippen molar-refractivity contribution in [1.82, 2.24) is 4.90 Å². The highest BCUT2D eigenvalue weighted by molar-refractivity contribution is 5.76. The van der Waals surface area contributed by atoms with Gasteiger partial charge < -0.3 is 30.0 Å². The maximum atomic E-state index is 12.8. The molecule has 1 heterocycles. The van der Waals surface area contributed by atoms with Gasteiger partial charge in [0.2, 0.25) is 5.91 Å².